The van der Waals surface area contributed by atoms with Crippen LogP contribution in [0.15, 0.2) is 42.5 Å². The monoisotopic (exact) mass is 269 g/mol. The summed E-state index contributed by atoms with van der Waals surface area (Å²) in [5.41, 5.74) is 9.06. The van der Waals surface area contributed by atoms with Crippen molar-refractivity contribution in [1.29, 1.82) is 0 Å². The van der Waals surface area contributed by atoms with Gasteiger partial charge in [-0.2, -0.15) is 0 Å². The third kappa shape index (κ3) is 2.69. The molecule has 0 aliphatic heterocycles. The summed E-state index contributed by atoms with van der Waals surface area (Å²) < 4.78 is 13.5. The zero-order valence-corrected chi connectivity index (χ0v) is 11.6. The van der Waals surface area contributed by atoms with Crippen molar-refractivity contribution in [3.63, 3.8) is 0 Å². The molecule has 0 atom stereocenters. The molecule has 0 amide bonds. The zero-order chi connectivity index (χ0) is 13.9. The standard InChI is InChI=1S/C18H20FN/c19-17-12-16(10-11-18(17)20)15-8-6-14(7-9-15)13-4-2-1-3-5-13/h6-13H,1-5,20H2. The Kier molecular flexibility index (Phi) is 3.72. The molecular formula is C18H20FN. The maximum absolute atomic E-state index is 13.5. The number of nitrogens with two attached hydrogens (primary N) is 1. The minimum atomic E-state index is -0.348. The second-order valence-corrected chi connectivity index (χ2v) is 5.69. The normalized spacial score (nSPS) is 16.2. The molecule has 2 aromatic carbocycles. The van der Waals surface area contributed by atoms with Crippen molar-refractivity contribution in [2.24, 2.45) is 0 Å². The average molecular weight is 269 g/mol. The van der Waals surface area contributed by atoms with Gasteiger partial charge in [-0.15, -0.1) is 0 Å². The second kappa shape index (κ2) is 5.66. The fraction of sp³-hybridized carbons (Fsp3) is 0.333. The zero-order valence-electron chi connectivity index (χ0n) is 11.6. The van der Waals surface area contributed by atoms with E-state index in [1.807, 2.05) is 6.07 Å². The molecule has 0 spiro atoms. The minimum Gasteiger partial charge on any atom is -0.396 e. The molecule has 1 saturated carbocycles. The smallest absolute Gasteiger partial charge is 0.146 e. The van der Waals surface area contributed by atoms with Gasteiger partial charge in [0.25, 0.3) is 0 Å². The van der Waals surface area contributed by atoms with Gasteiger partial charge in [-0.1, -0.05) is 49.6 Å². The number of benzene rings is 2. The lowest BCUT2D eigenvalue weighted by atomic mass is 9.84. The first-order chi connectivity index (χ1) is 9.74. The molecule has 0 radical (unpaired) electrons. The van der Waals surface area contributed by atoms with E-state index in [0.717, 1.165) is 11.1 Å². The highest BCUT2D eigenvalue weighted by atomic mass is 19.1. The van der Waals surface area contributed by atoms with Crippen LogP contribution in [0.1, 0.15) is 43.6 Å². The highest BCUT2D eigenvalue weighted by Crippen LogP contribution is 2.33. The van der Waals surface area contributed by atoms with E-state index >= 15 is 0 Å². The minimum absolute atomic E-state index is 0.201. The number of hydrogen-bond donors (Lipinski definition) is 1. The van der Waals surface area contributed by atoms with E-state index in [1.165, 1.54) is 43.7 Å². The molecule has 104 valence electrons. The Morgan fingerprint density at radius 2 is 1.50 bits per heavy atom. The molecule has 1 fully saturated rings. The van der Waals surface area contributed by atoms with E-state index in [4.69, 9.17) is 5.73 Å². The van der Waals surface area contributed by atoms with Crippen molar-refractivity contribution < 1.29 is 4.39 Å². The van der Waals surface area contributed by atoms with Crippen LogP contribution < -0.4 is 5.73 Å². The Morgan fingerprint density at radius 1 is 0.850 bits per heavy atom. The molecule has 2 heteroatoms. The van der Waals surface area contributed by atoms with Crippen LogP contribution in [-0.4, -0.2) is 0 Å². The summed E-state index contributed by atoms with van der Waals surface area (Å²) in [6.45, 7) is 0. The first-order valence-electron chi connectivity index (χ1n) is 7.39. The van der Waals surface area contributed by atoms with Gasteiger partial charge in [-0.3, -0.25) is 0 Å². The molecular weight excluding hydrogens is 249 g/mol. The predicted octanol–water partition coefficient (Wildman–Crippen LogP) is 5.12. The lowest BCUT2D eigenvalue weighted by Gasteiger charge is -2.22. The first kappa shape index (κ1) is 13.2. The van der Waals surface area contributed by atoms with E-state index in [0.29, 0.717) is 5.92 Å². The van der Waals surface area contributed by atoms with Gasteiger partial charge in [0.2, 0.25) is 0 Å². The van der Waals surface area contributed by atoms with Crippen LogP contribution in [-0.2, 0) is 0 Å². The van der Waals surface area contributed by atoms with Gasteiger partial charge in [0, 0.05) is 0 Å². The molecule has 2 N–H and O–H groups in total. The van der Waals surface area contributed by atoms with Crippen molar-refractivity contribution in [2.75, 3.05) is 5.73 Å². The van der Waals surface area contributed by atoms with E-state index in [1.54, 1.807) is 6.07 Å². The van der Waals surface area contributed by atoms with Crippen molar-refractivity contribution in [2.45, 2.75) is 38.0 Å². The van der Waals surface area contributed by atoms with Crippen LogP contribution in [0.25, 0.3) is 11.1 Å². The van der Waals surface area contributed by atoms with Gasteiger partial charge in [0.1, 0.15) is 5.82 Å². The van der Waals surface area contributed by atoms with E-state index in [-0.39, 0.29) is 11.5 Å². The van der Waals surface area contributed by atoms with Crippen LogP contribution >= 0.6 is 0 Å². The maximum Gasteiger partial charge on any atom is 0.146 e. The lowest BCUT2D eigenvalue weighted by molar-refractivity contribution is 0.443. The van der Waals surface area contributed by atoms with Crippen LogP contribution in [0.4, 0.5) is 10.1 Å². The molecule has 2 aromatic rings. The third-order valence-electron chi connectivity index (χ3n) is 4.32. The third-order valence-corrected chi connectivity index (χ3v) is 4.32. The van der Waals surface area contributed by atoms with Gasteiger partial charge in [-0.25, -0.2) is 4.39 Å². The highest BCUT2D eigenvalue weighted by Gasteiger charge is 2.15. The molecule has 20 heavy (non-hydrogen) atoms. The molecule has 1 nitrogen and oxygen atoms in total. The van der Waals surface area contributed by atoms with Crippen molar-refractivity contribution >= 4 is 5.69 Å². The summed E-state index contributed by atoms with van der Waals surface area (Å²) in [4.78, 5) is 0. The summed E-state index contributed by atoms with van der Waals surface area (Å²) in [7, 11) is 0. The van der Waals surface area contributed by atoms with Crippen molar-refractivity contribution in [3.8, 4) is 11.1 Å². The van der Waals surface area contributed by atoms with Gasteiger partial charge in [0.05, 0.1) is 5.69 Å². The Labute approximate surface area is 119 Å². The summed E-state index contributed by atoms with van der Waals surface area (Å²) in [6, 6.07) is 13.6. The van der Waals surface area contributed by atoms with Crippen LogP contribution in [0, 0.1) is 5.82 Å². The number of anilines is 1. The Morgan fingerprint density at radius 3 is 2.15 bits per heavy atom. The van der Waals surface area contributed by atoms with Crippen LogP contribution in [0.3, 0.4) is 0 Å². The Bertz CT molecular complexity index is 583. The summed E-state index contributed by atoms with van der Waals surface area (Å²) in [5, 5.41) is 0. The molecule has 3 rings (SSSR count). The number of nitrogen functional groups attached to an aromatic ring is 1. The molecule has 0 bridgehead atoms. The van der Waals surface area contributed by atoms with Gasteiger partial charge >= 0.3 is 0 Å². The van der Waals surface area contributed by atoms with Crippen LogP contribution in [0.5, 0.6) is 0 Å². The van der Waals surface area contributed by atoms with E-state index < -0.39 is 0 Å². The van der Waals surface area contributed by atoms with Crippen LogP contribution in [0.2, 0.25) is 0 Å². The lowest BCUT2D eigenvalue weighted by Crippen LogP contribution is -2.04. The fourth-order valence-electron chi connectivity index (χ4n) is 3.09. The highest BCUT2D eigenvalue weighted by molar-refractivity contribution is 5.66. The van der Waals surface area contributed by atoms with Crippen molar-refractivity contribution in [1.82, 2.24) is 0 Å². The largest absolute Gasteiger partial charge is 0.396 e. The first-order valence-corrected chi connectivity index (χ1v) is 7.39. The number of halogens is 1. The summed E-state index contributed by atoms with van der Waals surface area (Å²) >= 11 is 0. The molecule has 1 aliphatic rings. The van der Waals surface area contributed by atoms with E-state index in [9.17, 15) is 4.39 Å². The predicted molar refractivity (Wildman–Crippen MR) is 82.1 cm³/mol. The number of rotatable bonds is 2. The molecule has 0 heterocycles. The molecule has 0 unspecified atom stereocenters. The molecule has 0 aromatic heterocycles. The maximum atomic E-state index is 13.5. The van der Waals surface area contributed by atoms with Gasteiger partial charge < -0.3 is 5.73 Å². The SMILES string of the molecule is Nc1ccc(-c2ccc(C3CCCCC3)cc2)cc1F. The van der Waals surface area contributed by atoms with Crippen molar-refractivity contribution in [3.05, 3.63) is 53.8 Å². The Balaban J connectivity index is 1.83. The van der Waals surface area contributed by atoms with E-state index in [2.05, 4.69) is 24.3 Å². The van der Waals surface area contributed by atoms with Gasteiger partial charge in [0.15, 0.2) is 0 Å². The number of hydrogen-bond acceptors (Lipinski definition) is 1. The molecule has 1 aliphatic carbocycles. The summed E-state index contributed by atoms with van der Waals surface area (Å²) in [5.74, 6) is 0.361. The summed E-state index contributed by atoms with van der Waals surface area (Å²) in [6.07, 6.45) is 6.66. The van der Waals surface area contributed by atoms with Gasteiger partial charge in [-0.05, 0) is 47.6 Å². The second-order valence-electron chi connectivity index (χ2n) is 5.69. The fourth-order valence-corrected chi connectivity index (χ4v) is 3.09. The average Bonchev–Trinajstić information content (AvgIpc) is 2.51. The Hall–Kier alpha value is -1.83. The topological polar surface area (TPSA) is 26.0 Å². The molecule has 0 saturated heterocycles. The quantitative estimate of drug-likeness (QED) is 0.752.